The Morgan fingerprint density at radius 3 is 2.17 bits per heavy atom. The Morgan fingerprint density at radius 2 is 1.37 bits per heavy atom. The van der Waals surface area contributed by atoms with E-state index in [2.05, 4.69) is 67.6 Å². The second kappa shape index (κ2) is 6.42. The van der Waals surface area contributed by atoms with Crippen LogP contribution in [0.1, 0.15) is 12.5 Å². The molecule has 0 bridgehead atoms. The lowest BCUT2D eigenvalue weighted by molar-refractivity contribution is 0.593. The molecule has 0 saturated heterocycles. The highest BCUT2D eigenvalue weighted by molar-refractivity contribution is 7.87. The van der Waals surface area contributed by atoms with Crippen molar-refractivity contribution in [1.82, 2.24) is 0 Å². The second-order valence-corrected chi connectivity index (χ2v) is 10.6. The summed E-state index contributed by atoms with van der Waals surface area (Å²) in [6.45, 7) is 2.19. The van der Waals surface area contributed by atoms with Gasteiger partial charge in [-0.15, -0.1) is 0 Å². The monoisotopic (exact) mass is 404 g/mol. The summed E-state index contributed by atoms with van der Waals surface area (Å²) in [5.41, 5.74) is 3.58. The van der Waals surface area contributed by atoms with Crippen LogP contribution in [0, 0.1) is 0 Å². The number of rotatable bonds is 2. The molecule has 1 heterocycles. The van der Waals surface area contributed by atoms with Gasteiger partial charge in [-0.2, -0.15) is 0 Å². The minimum absolute atomic E-state index is 0.908. The maximum Gasteiger partial charge on any atom is 0.172 e. The molecule has 1 nitrogen and oxygen atoms in total. The van der Waals surface area contributed by atoms with Crippen molar-refractivity contribution in [2.45, 2.75) is 13.3 Å². The molecule has 0 saturated carbocycles. The topological polar surface area (TPSA) is 17.1 Å². The third-order valence-electron chi connectivity index (χ3n) is 6.42. The summed E-state index contributed by atoms with van der Waals surface area (Å²) in [6, 6.07) is 33.5. The van der Waals surface area contributed by atoms with E-state index in [0.29, 0.717) is 0 Å². The fourth-order valence-corrected chi connectivity index (χ4v) is 8.31. The Morgan fingerprint density at radius 1 is 0.667 bits per heavy atom. The third kappa shape index (κ3) is 2.22. The zero-order chi connectivity index (χ0) is 20.3. The van der Waals surface area contributed by atoms with E-state index in [0.717, 1.165) is 38.8 Å². The van der Waals surface area contributed by atoms with Crippen LogP contribution >= 0.6 is 7.14 Å². The summed E-state index contributed by atoms with van der Waals surface area (Å²) in [5.74, 6) is 0. The molecule has 0 N–H and O–H groups in total. The van der Waals surface area contributed by atoms with Gasteiger partial charge in [0.2, 0.25) is 0 Å². The van der Waals surface area contributed by atoms with Gasteiger partial charge in [-0.25, -0.2) is 0 Å². The summed E-state index contributed by atoms with van der Waals surface area (Å²) in [7, 11) is -2.97. The van der Waals surface area contributed by atoms with Gasteiger partial charge in [-0.3, -0.25) is 0 Å². The Bertz CT molecular complexity index is 1500. The number of hydrogen-bond donors (Lipinski definition) is 0. The van der Waals surface area contributed by atoms with E-state index in [1.807, 2.05) is 36.4 Å². The Hall–Kier alpha value is -3.15. The highest BCUT2D eigenvalue weighted by Gasteiger charge is 2.42. The molecule has 144 valence electrons. The van der Waals surface area contributed by atoms with Crippen molar-refractivity contribution >= 4 is 44.6 Å². The van der Waals surface area contributed by atoms with Crippen LogP contribution in [0.25, 0.3) is 32.7 Å². The molecule has 1 aliphatic rings. The highest BCUT2D eigenvalue weighted by Crippen LogP contribution is 2.55. The van der Waals surface area contributed by atoms with Crippen LogP contribution in [-0.2, 0) is 11.0 Å². The van der Waals surface area contributed by atoms with Crippen molar-refractivity contribution in [3.05, 3.63) is 103 Å². The summed E-state index contributed by atoms with van der Waals surface area (Å²) in [4.78, 5) is 0. The van der Waals surface area contributed by atoms with E-state index in [4.69, 9.17) is 0 Å². The van der Waals surface area contributed by atoms with Crippen LogP contribution < -0.4 is 15.9 Å². The van der Waals surface area contributed by atoms with Crippen LogP contribution in [0.3, 0.4) is 0 Å². The molecule has 0 fully saturated rings. The standard InChI is InChI=1S/C28H21OP/c1-2-19-16-17-22-25(18-19)21-12-6-7-13-23(21)28-27(22)24-14-8-9-15-26(24)30(28,29)20-10-4-3-5-11-20/h3-18H,2H2,1H3. The first-order valence-electron chi connectivity index (χ1n) is 10.5. The predicted molar refractivity (Wildman–Crippen MR) is 129 cm³/mol. The fourth-order valence-electron chi connectivity index (χ4n) is 5.02. The molecule has 5 aromatic carbocycles. The van der Waals surface area contributed by atoms with E-state index in [1.54, 1.807) is 0 Å². The van der Waals surface area contributed by atoms with Gasteiger partial charge in [0.05, 0.1) is 0 Å². The number of hydrogen-bond acceptors (Lipinski definition) is 1. The average Bonchev–Trinajstić information content (AvgIpc) is 3.10. The predicted octanol–water partition coefficient (Wildman–Crippen LogP) is 6.18. The molecule has 1 atom stereocenters. The van der Waals surface area contributed by atoms with Crippen LogP contribution in [-0.4, -0.2) is 0 Å². The van der Waals surface area contributed by atoms with E-state index in [9.17, 15) is 0 Å². The fraction of sp³-hybridized carbons (Fsp3) is 0.0714. The molecule has 6 rings (SSSR count). The van der Waals surface area contributed by atoms with Crippen molar-refractivity contribution in [2.24, 2.45) is 0 Å². The molecule has 1 aliphatic heterocycles. The lowest BCUT2D eigenvalue weighted by atomic mass is 9.92. The summed E-state index contributed by atoms with van der Waals surface area (Å²) in [6.07, 6.45) is 1.00. The van der Waals surface area contributed by atoms with E-state index in [-0.39, 0.29) is 0 Å². The van der Waals surface area contributed by atoms with Crippen LogP contribution in [0.4, 0.5) is 0 Å². The molecule has 0 spiro atoms. The van der Waals surface area contributed by atoms with E-state index < -0.39 is 7.14 Å². The smallest absolute Gasteiger partial charge is 0.172 e. The van der Waals surface area contributed by atoms with Crippen LogP contribution in [0.5, 0.6) is 0 Å². The first-order chi connectivity index (χ1) is 14.7. The number of benzene rings is 5. The van der Waals surface area contributed by atoms with Gasteiger partial charge < -0.3 is 4.57 Å². The van der Waals surface area contributed by atoms with Gasteiger partial charge in [0.15, 0.2) is 7.14 Å². The molecule has 30 heavy (non-hydrogen) atoms. The third-order valence-corrected chi connectivity index (χ3v) is 9.61. The molecule has 0 aliphatic carbocycles. The summed E-state index contributed by atoms with van der Waals surface area (Å²) >= 11 is 0. The minimum Gasteiger partial charge on any atom is -0.309 e. The van der Waals surface area contributed by atoms with Gasteiger partial charge in [0.1, 0.15) is 0 Å². The molecule has 0 radical (unpaired) electrons. The van der Waals surface area contributed by atoms with Crippen LogP contribution in [0.2, 0.25) is 0 Å². The van der Waals surface area contributed by atoms with Crippen molar-refractivity contribution in [3.8, 4) is 11.1 Å². The van der Waals surface area contributed by atoms with Gasteiger partial charge in [-0.05, 0) is 39.1 Å². The van der Waals surface area contributed by atoms with Crippen LogP contribution in [0.15, 0.2) is 97.1 Å². The van der Waals surface area contributed by atoms with Crippen molar-refractivity contribution < 1.29 is 4.57 Å². The van der Waals surface area contributed by atoms with Crippen molar-refractivity contribution in [1.29, 1.82) is 0 Å². The van der Waals surface area contributed by atoms with Gasteiger partial charge in [0.25, 0.3) is 0 Å². The first kappa shape index (κ1) is 17.7. The zero-order valence-corrected chi connectivity index (χ0v) is 17.7. The lowest BCUT2D eigenvalue weighted by Gasteiger charge is -2.19. The second-order valence-electron chi connectivity index (χ2n) is 7.96. The molecule has 0 aromatic heterocycles. The first-order valence-corrected chi connectivity index (χ1v) is 12.2. The van der Waals surface area contributed by atoms with Gasteiger partial charge in [0, 0.05) is 21.5 Å². The molecule has 2 heteroatoms. The van der Waals surface area contributed by atoms with Gasteiger partial charge >= 0.3 is 0 Å². The largest absolute Gasteiger partial charge is 0.309 e. The number of fused-ring (bicyclic) bond motifs is 8. The Labute approximate surface area is 176 Å². The quantitative estimate of drug-likeness (QED) is 0.249. The molecular formula is C28H21OP. The number of aryl methyl sites for hydroxylation is 1. The minimum atomic E-state index is -2.97. The maximum atomic E-state index is 15.0. The zero-order valence-electron chi connectivity index (χ0n) is 16.8. The molecular weight excluding hydrogens is 383 g/mol. The van der Waals surface area contributed by atoms with Crippen molar-refractivity contribution in [2.75, 3.05) is 0 Å². The highest BCUT2D eigenvalue weighted by atomic mass is 31.2. The normalized spacial score (nSPS) is 17.2. The lowest BCUT2D eigenvalue weighted by Crippen LogP contribution is -2.21. The molecule has 1 unspecified atom stereocenters. The Kier molecular flexibility index (Phi) is 3.79. The average molecular weight is 404 g/mol. The SMILES string of the molecule is CCc1ccc2c3c(c4ccccc4c2c1)P(=O)(c1ccccc1)c1ccccc1-3. The summed E-state index contributed by atoms with van der Waals surface area (Å²) in [5, 5.41) is 7.61. The van der Waals surface area contributed by atoms with E-state index in [1.165, 1.54) is 21.7 Å². The van der Waals surface area contributed by atoms with Gasteiger partial charge in [-0.1, -0.05) is 104 Å². The Balaban J connectivity index is 1.89. The maximum absolute atomic E-state index is 15.0. The van der Waals surface area contributed by atoms with Crippen molar-refractivity contribution in [3.63, 3.8) is 0 Å². The summed E-state index contributed by atoms with van der Waals surface area (Å²) < 4.78 is 15.0. The molecule has 0 amide bonds. The molecule has 5 aromatic rings. The van der Waals surface area contributed by atoms with E-state index >= 15 is 4.57 Å².